The SMILES string of the molecule is CC(C)Oc1ccc(C(=O)NCC2(N3CCOCC3)CCC2)cc1. The van der Waals surface area contributed by atoms with Crippen molar-refractivity contribution in [3.63, 3.8) is 0 Å². The van der Waals surface area contributed by atoms with Gasteiger partial charge in [-0.15, -0.1) is 0 Å². The number of ether oxygens (including phenoxy) is 2. The summed E-state index contributed by atoms with van der Waals surface area (Å²) in [7, 11) is 0. The normalized spacial score (nSPS) is 20.5. The number of morpholine rings is 1. The molecular weight excluding hydrogens is 304 g/mol. The summed E-state index contributed by atoms with van der Waals surface area (Å²) in [5.41, 5.74) is 0.822. The fraction of sp³-hybridized carbons (Fsp3) is 0.632. The van der Waals surface area contributed by atoms with Crippen LogP contribution in [0.3, 0.4) is 0 Å². The number of hydrogen-bond acceptors (Lipinski definition) is 4. The molecule has 1 amide bonds. The maximum atomic E-state index is 12.5. The van der Waals surface area contributed by atoms with Gasteiger partial charge in [-0.3, -0.25) is 9.69 Å². The summed E-state index contributed by atoms with van der Waals surface area (Å²) < 4.78 is 11.1. The Hall–Kier alpha value is -1.59. The Morgan fingerprint density at radius 3 is 2.46 bits per heavy atom. The molecule has 0 radical (unpaired) electrons. The van der Waals surface area contributed by atoms with Crippen molar-refractivity contribution in [2.24, 2.45) is 0 Å². The quantitative estimate of drug-likeness (QED) is 0.869. The molecule has 1 aromatic carbocycles. The van der Waals surface area contributed by atoms with Crippen LogP contribution in [-0.4, -0.2) is 55.3 Å². The van der Waals surface area contributed by atoms with Crippen LogP contribution in [0.15, 0.2) is 24.3 Å². The second-order valence-corrected chi connectivity index (χ2v) is 7.05. The predicted octanol–water partition coefficient (Wildman–Crippen LogP) is 2.46. The van der Waals surface area contributed by atoms with Crippen molar-refractivity contribution in [2.75, 3.05) is 32.8 Å². The Labute approximate surface area is 144 Å². The van der Waals surface area contributed by atoms with E-state index in [1.165, 1.54) is 6.42 Å². The van der Waals surface area contributed by atoms with Crippen LogP contribution in [0.2, 0.25) is 0 Å². The van der Waals surface area contributed by atoms with Crippen LogP contribution in [0.5, 0.6) is 5.75 Å². The first-order chi connectivity index (χ1) is 11.6. The molecule has 0 spiro atoms. The lowest BCUT2D eigenvalue weighted by Gasteiger charge is -2.51. The van der Waals surface area contributed by atoms with E-state index in [1.807, 2.05) is 38.1 Å². The summed E-state index contributed by atoms with van der Waals surface area (Å²) in [5, 5.41) is 3.14. The zero-order valence-electron chi connectivity index (χ0n) is 14.7. The van der Waals surface area contributed by atoms with Gasteiger partial charge < -0.3 is 14.8 Å². The van der Waals surface area contributed by atoms with Crippen molar-refractivity contribution in [2.45, 2.75) is 44.8 Å². The van der Waals surface area contributed by atoms with Crippen LogP contribution >= 0.6 is 0 Å². The molecular formula is C19H28N2O3. The van der Waals surface area contributed by atoms with Crippen LogP contribution in [0, 0.1) is 0 Å². The predicted molar refractivity (Wildman–Crippen MR) is 93.5 cm³/mol. The van der Waals surface area contributed by atoms with Gasteiger partial charge in [-0.25, -0.2) is 0 Å². The Morgan fingerprint density at radius 1 is 1.25 bits per heavy atom. The zero-order chi connectivity index (χ0) is 17.0. The number of hydrogen-bond donors (Lipinski definition) is 1. The van der Waals surface area contributed by atoms with Gasteiger partial charge in [0, 0.05) is 30.7 Å². The zero-order valence-corrected chi connectivity index (χ0v) is 14.7. The Kier molecular flexibility index (Phi) is 5.41. The number of nitrogens with one attached hydrogen (secondary N) is 1. The maximum absolute atomic E-state index is 12.5. The van der Waals surface area contributed by atoms with Crippen molar-refractivity contribution in [1.29, 1.82) is 0 Å². The Balaban J connectivity index is 1.56. The van der Waals surface area contributed by atoms with E-state index >= 15 is 0 Å². The van der Waals surface area contributed by atoms with Crippen LogP contribution in [0.4, 0.5) is 0 Å². The van der Waals surface area contributed by atoms with E-state index < -0.39 is 0 Å². The van der Waals surface area contributed by atoms with Gasteiger partial charge in [-0.05, 0) is 57.4 Å². The summed E-state index contributed by atoms with van der Waals surface area (Å²) in [4.78, 5) is 15.0. The molecule has 1 N–H and O–H groups in total. The molecule has 132 valence electrons. The highest BCUT2D eigenvalue weighted by molar-refractivity contribution is 5.94. The Bertz CT molecular complexity index is 546. The number of rotatable bonds is 6. The summed E-state index contributed by atoms with van der Waals surface area (Å²) in [6.45, 7) is 8.24. The fourth-order valence-corrected chi connectivity index (χ4v) is 3.53. The molecule has 2 fully saturated rings. The highest BCUT2D eigenvalue weighted by Crippen LogP contribution is 2.37. The van der Waals surface area contributed by atoms with E-state index in [0.717, 1.165) is 51.4 Å². The Morgan fingerprint density at radius 2 is 1.92 bits per heavy atom. The average molecular weight is 332 g/mol. The van der Waals surface area contributed by atoms with E-state index in [2.05, 4.69) is 10.2 Å². The first kappa shape index (κ1) is 17.2. The van der Waals surface area contributed by atoms with E-state index in [4.69, 9.17) is 9.47 Å². The highest BCUT2D eigenvalue weighted by Gasteiger charge is 2.42. The standard InChI is InChI=1S/C19H28N2O3/c1-15(2)24-17-6-4-16(5-7-17)18(22)20-14-19(8-3-9-19)21-10-12-23-13-11-21/h4-7,15H,3,8-14H2,1-2H3,(H,20,22). The first-order valence-electron chi connectivity index (χ1n) is 8.97. The molecule has 1 saturated heterocycles. The monoisotopic (exact) mass is 332 g/mol. The second kappa shape index (κ2) is 7.53. The smallest absolute Gasteiger partial charge is 0.251 e. The van der Waals surface area contributed by atoms with Gasteiger partial charge in [0.25, 0.3) is 5.91 Å². The van der Waals surface area contributed by atoms with Crippen molar-refractivity contribution >= 4 is 5.91 Å². The average Bonchev–Trinajstić information content (AvgIpc) is 2.55. The molecule has 2 aliphatic rings. The third-order valence-corrected chi connectivity index (χ3v) is 5.03. The second-order valence-electron chi connectivity index (χ2n) is 7.05. The molecule has 0 unspecified atom stereocenters. The summed E-state index contributed by atoms with van der Waals surface area (Å²) >= 11 is 0. The van der Waals surface area contributed by atoms with Gasteiger partial charge in [-0.2, -0.15) is 0 Å². The van der Waals surface area contributed by atoms with E-state index in [9.17, 15) is 4.79 Å². The third kappa shape index (κ3) is 3.90. The van der Waals surface area contributed by atoms with Crippen LogP contribution in [0.25, 0.3) is 0 Å². The first-order valence-corrected chi connectivity index (χ1v) is 8.97. The molecule has 1 aromatic rings. The summed E-state index contributed by atoms with van der Waals surface area (Å²) in [5.74, 6) is 0.788. The number of amides is 1. The molecule has 5 heteroatoms. The van der Waals surface area contributed by atoms with Gasteiger partial charge in [0.05, 0.1) is 19.3 Å². The topological polar surface area (TPSA) is 50.8 Å². The lowest BCUT2D eigenvalue weighted by Crippen LogP contribution is -2.62. The molecule has 5 nitrogen and oxygen atoms in total. The minimum Gasteiger partial charge on any atom is -0.491 e. The minimum atomic E-state index is -0.00867. The lowest BCUT2D eigenvalue weighted by atomic mass is 9.75. The number of carbonyl (C=O) groups is 1. The summed E-state index contributed by atoms with van der Waals surface area (Å²) in [6.07, 6.45) is 3.70. The largest absolute Gasteiger partial charge is 0.491 e. The van der Waals surface area contributed by atoms with Gasteiger partial charge in [-0.1, -0.05) is 0 Å². The number of carbonyl (C=O) groups excluding carboxylic acids is 1. The molecule has 0 bridgehead atoms. The fourth-order valence-electron chi connectivity index (χ4n) is 3.53. The minimum absolute atomic E-state index is 0.00867. The molecule has 0 aromatic heterocycles. The van der Waals surface area contributed by atoms with Crippen molar-refractivity contribution in [3.05, 3.63) is 29.8 Å². The van der Waals surface area contributed by atoms with E-state index in [0.29, 0.717) is 5.56 Å². The molecule has 1 heterocycles. The van der Waals surface area contributed by atoms with Gasteiger partial charge >= 0.3 is 0 Å². The van der Waals surface area contributed by atoms with Crippen LogP contribution in [-0.2, 0) is 4.74 Å². The van der Waals surface area contributed by atoms with Gasteiger partial charge in [0.15, 0.2) is 0 Å². The van der Waals surface area contributed by atoms with Crippen molar-refractivity contribution < 1.29 is 14.3 Å². The highest BCUT2D eigenvalue weighted by atomic mass is 16.5. The number of benzene rings is 1. The third-order valence-electron chi connectivity index (χ3n) is 5.03. The molecule has 3 rings (SSSR count). The molecule has 1 saturated carbocycles. The van der Waals surface area contributed by atoms with Gasteiger partial charge in [0.2, 0.25) is 0 Å². The van der Waals surface area contributed by atoms with Crippen LogP contribution in [0.1, 0.15) is 43.5 Å². The number of nitrogens with zero attached hydrogens (tertiary/aromatic N) is 1. The lowest BCUT2D eigenvalue weighted by molar-refractivity contribution is -0.0540. The van der Waals surface area contributed by atoms with Crippen molar-refractivity contribution in [3.8, 4) is 5.75 Å². The summed E-state index contributed by atoms with van der Waals surface area (Å²) in [6, 6.07) is 7.37. The molecule has 0 atom stereocenters. The maximum Gasteiger partial charge on any atom is 0.251 e. The molecule has 24 heavy (non-hydrogen) atoms. The molecule has 1 aliphatic heterocycles. The van der Waals surface area contributed by atoms with Crippen LogP contribution < -0.4 is 10.1 Å². The van der Waals surface area contributed by atoms with E-state index in [-0.39, 0.29) is 17.6 Å². The molecule has 1 aliphatic carbocycles. The van der Waals surface area contributed by atoms with Crippen molar-refractivity contribution in [1.82, 2.24) is 10.2 Å². The van der Waals surface area contributed by atoms with E-state index in [1.54, 1.807) is 0 Å². The van der Waals surface area contributed by atoms with Gasteiger partial charge in [0.1, 0.15) is 5.75 Å².